The monoisotopic (exact) mass is 527 g/mol. The summed E-state index contributed by atoms with van der Waals surface area (Å²) in [6.07, 6.45) is 1.43. The summed E-state index contributed by atoms with van der Waals surface area (Å²) >= 11 is 6.10. The Balaban J connectivity index is 1.14. The van der Waals surface area contributed by atoms with Gasteiger partial charge in [0.15, 0.2) is 5.76 Å². The second-order valence-electron chi connectivity index (χ2n) is 8.86. The molecule has 192 valence electrons. The number of carbonyl (C=O) groups excluding carboxylic acids is 1. The molecule has 0 spiro atoms. The number of hydrogen-bond donors (Lipinski definition) is 1. The summed E-state index contributed by atoms with van der Waals surface area (Å²) in [7, 11) is 0. The summed E-state index contributed by atoms with van der Waals surface area (Å²) in [5, 5.41) is 4.60. The molecule has 3 heterocycles. The quantitative estimate of drug-likeness (QED) is 0.170. The SMILES string of the molecule is Cc1ccc(Cl)cc1-c1ccc(/C=N/NC(=O)c2ccc(COc3ccc(-n4c(C)ccc4C)cc3)o2)o1. The molecule has 1 amide bonds. The number of halogens is 1. The van der Waals surface area contributed by atoms with Crippen molar-refractivity contribution in [1.29, 1.82) is 0 Å². The van der Waals surface area contributed by atoms with E-state index in [0.29, 0.717) is 28.1 Å². The molecule has 5 rings (SSSR count). The van der Waals surface area contributed by atoms with Crippen molar-refractivity contribution in [3.05, 3.63) is 118 Å². The molecular formula is C30H26ClN3O4. The van der Waals surface area contributed by atoms with Crippen molar-refractivity contribution in [1.82, 2.24) is 9.99 Å². The van der Waals surface area contributed by atoms with Crippen molar-refractivity contribution >= 4 is 23.7 Å². The summed E-state index contributed by atoms with van der Waals surface area (Å²) in [4.78, 5) is 12.4. The van der Waals surface area contributed by atoms with Crippen LogP contribution in [0.4, 0.5) is 0 Å². The summed E-state index contributed by atoms with van der Waals surface area (Å²) in [5.74, 6) is 2.03. The number of hydrogen-bond acceptors (Lipinski definition) is 5. The van der Waals surface area contributed by atoms with Gasteiger partial charge in [-0.25, -0.2) is 5.43 Å². The number of nitrogens with one attached hydrogen (secondary N) is 1. The lowest BCUT2D eigenvalue weighted by Crippen LogP contribution is -2.16. The van der Waals surface area contributed by atoms with Crippen molar-refractivity contribution in [2.45, 2.75) is 27.4 Å². The third kappa shape index (κ3) is 5.58. The number of aryl methyl sites for hydroxylation is 3. The van der Waals surface area contributed by atoms with Crippen molar-refractivity contribution in [3.63, 3.8) is 0 Å². The van der Waals surface area contributed by atoms with Gasteiger partial charge in [0.25, 0.3) is 0 Å². The number of benzene rings is 2. The fourth-order valence-electron chi connectivity index (χ4n) is 4.14. The zero-order valence-corrected chi connectivity index (χ0v) is 22.0. The summed E-state index contributed by atoms with van der Waals surface area (Å²) < 4.78 is 19.4. The predicted molar refractivity (Wildman–Crippen MR) is 147 cm³/mol. The number of furan rings is 2. The Bertz CT molecular complexity index is 1590. The molecule has 8 heteroatoms. The van der Waals surface area contributed by atoms with E-state index in [2.05, 4.69) is 41.1 Å². The number of rotatable bonds is 8. The van der Waals surface area contributed by atoms with Gasteiger partial charge in [0, 0.05) is 27.7 Å². The van der Waals surface area contributed by atoms with Crippen LogP contribution in [0.15, 0.2) is 92.8 Å². The van der Waals surface area contributed by atoms with Gasteiger partial charge in [0.1, 0.15) is 29.6 Å². The van der Waals surface area contributed by atoms with Crippen LogP contribution in [-0.4, -0.2) is 16.7 Å². The van der Waals surface area contributed by atoms with E-state index < -0.39 is 5.91 Å². The zero-order chi connectivity index (χ0) is 26.6. The van der Waals surface area contributed by atoms with Gasteiger partial charge in [-0.3, -0.25) is 4.79 Å². The molecule has 0 atom stereocenters. The minimum atomic E-state index is -0.480. The normalized spacial score (nSPS) is 11.3. The maximum Gasteiger partial charge on any atom is 0.307 e. The highest BCUT2D eigenvalue weighted by molar-refractivity contribution is 6.30. The third-order valence-corrected chi connectivity index (χ3v) is 6.32. The van der Waals surface area contributed by atoms with Crippen LogP contribution in [0.3, 0.4) is 0 Å². The van der Waals surface area contributed by atoms with E-state index in [9.17, 15) is 4.79 Å². The predicted octanol–water partition coefficient (Wildman–Crippen LogP) is 7.25. The summed E-state index contributed by atoms with van der Waals surface area (Å²) in [6.45, 7) is 6.32. The van der Waals surface area contributed by atoms with Crippen LogP contribution in [0, 0.1) is 20.8 Å². The van der Waals surface area contributed by atoms with Crippen LogP contribution in [0.25, 0.3) is 17.0 Å². The van der Waals surface area contributed by atoms with Gasteiger partial charge in [0.2, 0.25) is 0 Å². The van der Waals surface area contributed by atoms with Crippen molar-refractivity contribution < 1.29 is 18.4 Å². The van der Waals surface area contributed by atoms with E-state index >= 15 is 0 Å². The van der Waals surface area contributed by atoms with E-state index in [4.69, 9.17) is 25.2 Å². The molecule has 0 aliphatic carbocycles. The lowest BCUT2D eigenvalue weighted by molar-refractivity contribution is 0.0923. The third-order valence-electron chi connectivity index (χ3n) is 6.08. The van der Waals surface area contributed by atoms with E-state index in [1.807, 2.05) is 55.5 Å². The van der Waals surface area contributed by atoms with Crippen LogP contribution in [0.1, 0.15) is 39.0 Å². The zero-order valence-electron chi connectivity index (χ0n) is 21.2. The van der Waals surface area contributed by atoms with Crippen LogP contribution in [-0.2, 0) is 6.61 Å². The summed E-state index contributed by atoms with van der Waals surface area (Å²) in [5.41, 5.74) is 7.79. The highest BCUT2D eigenvalue weighted by Crippen LogP contribution is 2.28. The van der Waals surface area contributed by atoms with Gasteiger partial charge in [0.05, 0.1) is 6.21 Å². The molecule has 0 aliphatic rings. The first-order valence-corrected chi connectivity index (χ1v) is 12.4. The van der Waals surface area contributed by atoms with Crippen molar-refractivity contribution in [2.24, 2.45) is 5.10 Å². The standard InChI is InChI=1S/C30H26ClN3O4/c1-19-4-7-22(31)16-27(19)28-14-12-25(37-28)17-32-33-30(35)29-15-13-26(38-29)18-36-24-10-8-23(9-11-24)34-20(2)5-6-21(34)3/h4-17H,18H2,1-3H3,(H,33,35)/b32-17+. The topological polar surface area (TPSA) is 81.9 Å². The van der Waals surface area contributed by atoms with Crippen molar-refractivity contribution in [2.75, 3.05) is 0 Å². The number of ether oxygens (including phenoxy) is 1. The minimum Gasteiger partial charge on any atom is -0.486 e. The van der Waals surface area contributed by atoms with Gasteiger partial charge in [-0.05, 0) is 99.1 Å². The van der Waals surface area contributed by atoms with E-state index in [1.165, 1.54) is 17.6 Å². The van der Waals surface area contributed by atoms with Gasteiger partial charge < -0.3 is 18.1 Å². The maximum absolute atomic E-state index is 12.4. The van der Waals surface area contributed by atoms with E-state index in [-0.39, 0.29) is 12.4 Å². The number of nitrogens with zero attached hydrogens (tertiary/aromatic N) is 2. The molecule has 1 N–H and O–H groups in total. The largest absolute Gasteiger partial charge is 0.486 e. The van der Waals surface area contributed by atoms with Gasteiger partial charge >= 0.3 is 5.91 Å². The molecule has 0 radical (unpaired) electrons. The highest BCUT2D eigenvalue weighted by Gasteiger charge is 2.12. The van der Waals surface area contributed by atoms with Gasteiger partial charge in [-0.1, -0.05) is 17.7 Å². The van der Waals surface area contributed by atoms with Gasteiger partial charge in [-0.15, -0.1) is 0 Å². The van der Waals surface area contributed by atoms with E-state index in [1.54, 1.807) is 18.2 Å². The molecule has 2 aromatic carbocycles. The molecule has 7 nitrogen and oxygen atoms in total. The Morgan fingerprint density at radius 1 is 0.947 bits per heavy atom. The molecule has 0 saturated carbocycles. The van der Waals surface area contributed by atoms with Gasteiger partial charge in [-0.2, -0.15) is 5.10 Å². The first-order valence-electron chi connectivity index (χ1n) is 12.0. The summed E-state index contributed by atoms with van der Waals surface area (Å²) in [6, 6.07) is 24.5. The molecule has 0 unspecified atom stereocenters. The fourth-order valence-corrected chi connectivity index (χ4v) is 4.31. The average molecular weight is 528 g/mol. The molecule has 0 bridgehead atoms. The lowest BCUT2D eigenvalue weighted by atomic mass is 10.1. The Labute approximate surface area is 225 Å². The van der Waals surface area contributed by atoms with Crippen LogP contribution >= 0.6 is 11.6 Å². The molecular weight excluding hydrogens is 502 g/mol. The van der Waals surface area contributed by atoms with Crippen LogP contribution in [0.2, 0.25) is 5.02 Å². The Hall–Kier alpha value is -4.49. The number of carbonyl (C=O) groups is 1. The van der Waals surface area contributed by atoms with Crippen LogP contribution < -0.4 is 10.2 Å². The fraction of sp³-hybridized carbons (Fsp3) is 0.133. The molecule has 3 aromatic heterocycles. The van der Waals surface area contributed by atoms with E-state index in [0.717, 1.165) is 16.8 Å². The Morgan fingerprint density at radius 3 is 2.47 bits per heavy atom. The lowest BCUT2D eigenvalue weighted by Gasteiger charge is -2.10. The second-order valence-corrected chi connectivity index (χ2v) is 9.30. The second kappa shape index (κ2) is 10.9. The first-order chi connectivity index (χ1) is 18.4. The molecule has 0 fully saturated rings. The minimum absolute atomic E-state index is 0.129. The number of hydrazone groups is 1. The average Bonchev–Trinajstić information content (AvgIpc) is 3.65. The van der Waals surface area contributed by atoms with Crippen LogP contribution in [0.5, 0.6) is 5.75 Å². The Morgan fingerprint density at radius 2 is 1.71 bits per heavy atom. The number of amides is 1. The smallest absolute Gasteiger partial charge is 0.307 e. The van der Waals surface area contributed by atoms with Crippen molar-refractivity contribution in [3.8, 4) is 22.8 Å². The number of aromatic nitrogens is 1. The molecule has 38 heavy (non-hydrogen) atoms. The maximum atomic E-state index is 12.4. The Kier molecular flexibility index (Phi) is 7.20. The molecule has 5 aromatic rings. The first kappa shape index (κ1) is 25.2. The molecule has 0 saturated heterocycles. The molecule has 0 aliphatic heterocycles. The highest BCUT2D eigenvalue weighted by atomic mass is 35.5.